The standard InChI is InChI=1S/C17H13ClN2O2S/c18-13-6-8-19-15(10-13)20-17(21)16-14(7-9-23-16)22-11-12-4-2-1-3-5-12/h1-10H,11H2,(H,19,20,21). The van der Waals surface area contributed by atoms with E-state index in [0.717, 1.165) is 5.56 Å². The highest BCUT2D eigenvalue weighted by molar-refractivity contribution is 7.12. The van der Waals surface area contributed by atoms with Crippen LogP contribution in [0, 0.1) is 0 Å². The van der Waals surface area contributed by atoms with E-state index in [4.69, 9.17) is 16.3 Å². The molecule has 23 heavy (non-hydrogen) atoms. The Morgan fingerprint density at radius 3 is 2.83 bits per heavy atom. The van der Waals surface area contributed by atoms with Gasteiger partial charge in [0.1, 0.15) is 23.1 Å². The van der Waals surface area contributed by atoms with E-state index in [1.165, 1.54) is 11.3 Å². The number of nitrogens with zero attached hydrogens (tertiary/aromatic N) is 1. The summed E-state index contributed by atoms with van der Waals surface area (Å²) in [5.74, 6) is 0.695. The van der Waals surface area contributed by atoms with Gasteiger partial charge in [-0.05, 0) is 29.1 Å². The van der Waals surface area contributed by atoms with E-state index in [1.807, 2.05) is 35.7 Å². The van der Waals surface area contributed by atoms with Crippen molar-refractivity contribution in [1.29, 1.82) is 0 Å². The van der Waals surface area contributed by atoms with Crippen molar-refractivity contribution in [2.45, 2.75) is 6.61 Å². The molecule has 0 saturated carbocycles. The number of anilines is 1. The van der Waals surface area contributed by atoms with Crippen molar-refractivity contribution in [3.05, 3.63) is 75.6 Å². The zero-order chi connectivity index (χ0) is 16.1. The largest absolute Gasteiger partial charge is 0.487 e. The zero-order valence-electron chi connectivity index (χ0n) is 12.0. The molecule has 0 bridgehead atoms. The number of aromatic nitrogens is 1. The molecule has 0 atom stereocenters. The molecule has 4 nitrogen and oxygen atoms in total. The van der Waals surface area contributed by atoms with E-state index in [1.54, 1.807) is 24.4 Å². The molecule has 0 saturated heterocycles. The van der Waals surface area contributed by atoms with Crippen LogP contribution in [0.2, 0.25) is 5.02 Å². The van der Waals surface area contributed by atoms with Crippen molar-refractivity contribution in [2.75, 3.05) is 5.32 Å². The van der Waals surface area contributed by atoms with Crippen molar-refractivity contribution < 1.29 is 9.53 Å². The molecule has 1 amide bonds. The molecule has 2 aromatic heterocycles. The van der Waals surface area contributed by atoms with E-state index in [0.29, 0.717) is 28.1 Å². The highest BCUT2D eigenvalue weighted by Gasteiger charge is 2.15. The number of hydrogen-bond acceptors (Lipinski definition) is 4. The lowest BCUT2D eigenvalue weighted by atomic mass is 10.2. The van der Waals surface area contributed by atoms with Crippen molar-refractivity contribution >= 4 is 34.7 Å². The van der Waals surface area contributed by atoms with Crippen LogP contribution < -0.4 is 10.1 Å². The summed E-state index contributed by atoms with van der Waals surface area (Å²) >= 11 is 7.21. The smallest absolute Gasteiger partial charge is 0.270 e. The third-order valence-corrected chi connectivity index (χ3v) is 4.17. The van der Waals surface area contributed by atoms with Crippen LogP contribution in [0.5, 0.6) is 5.75 Å². The number of nitrogens with one attached hydrogen (secondary N) is 1. The number of thiophene rings is 1. The van der Waals surface area contributed by atoms with E-state index >= 15 is 0 Å². The lowest BCUT2D eigenvalue weighted by Crippen LogP contribution is -2.12. The minimum Gasteiger partial charge on any atom is -0.487 e. The maximum Gasteiger partial charge on any atom is 0.270 e. The van der Waals surface area contributed by atoms with Crippen LogP contribution in [0.15, 0.2) is 60.1 Å². The van der Waals surface area contributed by atoms with Gasteiger partial charge in [0.25, 0.3) is 5.91 Å². The number of pyridine rings is 1. The van der Waals surface area contributed by atoms with Gasteiger partial charge < -0.3 is 10.1 Å². The molecule has 1 aromatic carbocycles. The number of amides is 1. The maximum atomic E-state index is 12.4. The Labute approximate surface area is 142 Å². The number of carbonyl (C=O) groups excluding carboxylic acids is 1. The Morgan fingerprint density at radius 1 is 1.22 bits per heavy atom. The molecule has 6 heteroatoms. The number of hydrogen-bond donors (Lipinski definition) is 1. The molecule has 0 aliphatic heterocycles. The Bertz CT molecular complexity index is 805. The first-order valence-electron chi connectivity index (χ1n) is 6.89. The van der Waals surface area contributed by atoms with Crippen LogP contribution in [0.25, 0.3) is 0 Å². The summed E-state index contributed by atoms with van der Waals surface area (Å²) < 4.78 is 5.75. The minimum absolute atomic E-state index is 0.266. The predicted molar refractivity (Wildman–Crippen MR) is 92.3 cm³/mol. The summed E-state index contributed by atoms with van der Waals surface area (Å²) in [6, 6.07) is 14.8. The summed E-state index contributed by atoms with van der Waals surface area (Å²) in [6.07, 6.45) is 1.54. The average molecular weight is 345 g/mol. The third kappa shape index (κ3) is 4.09. The van der Waals surface area contributed by atoms with Crippen molar-refractivity contribution in [3.63, 3.8) is 0 Å². The summed E-state index contributed by atoms with van der Waals surface area (Å²) in [5.41, 5.74) is 1.04. The van der Waals surface area contributed by atoms with Crippen LogP contribution in [-0.2, 0) is 6.61 Å². The van der Waals surface area contributed by atoms with E-state index in [2.05, 4.69) is 10.3 Å². The Morgan fingerprint density at radius 2 is 2.04 bits per heavy atom. The normalized spacial score (nSPS) is 10.3. The van der Waals surface area contributed by atoms with Crippen LogP contribution >= 0.6 is 22.9 Å². The van der Waals surface area contributed by atoms with Crippen LogP contribution in [0.3, 0.4) is 0 Å². The second kappa shape index (κ2) is 7.26. The van der Waals surface area contributed by atoms with Gasteiger partial charge in [0.2, 0.25) is 0 Å². The molecular formula is C17H13ClN2O2S. The molecule has 0 spiro atoms. The molecular weight excluding hydrogens is 332 g/mol. The van der Waals surface area contributed by atoms with Gasteiger partial charge in [0.15, 0.2) is 0 Å². The van der Waals surface area contributed by atoms with E-state index in [-0.39, 0.29) is 5.91 Å². The predicted octanol–water partition coefficient (Wildman–Crippen LogP) is 4.63. The van der Waals surface area contributed by atoms with Gasteiger partial charge in [0, 0.05) is 11.2 Å². The second-order valence-corrected chi connectivity index (χ2v) is 6.05. The summed E-state index contributed by atoms with van der Waals surface area (Å²) in [6.45, 7) is 0.410. The Kier molecular flexibility index (Phi) is 4.90. The quantitative estimate of drug-likeness (QED) is 0.734. The highest BCUT2D eigenvalue weighted by atomic mass is 35.5. The number of benzene rings is 1. The van der Waals surface area contributed by atoms with Crippen LogP contribution in [0.4, 0.5) is 5.82 Å². The molecule has 0 aliphatic rings. The number of halogens is 1. The Hall–Kier alpha value is -2.37. The average Bonchev–Trinajstić information content (AvgIpc) is 3.02. The van der Waals surface area contributed by atoms with Gasteiger partial charge in [-0.15, -0.1) is 11.3 Å². The topological polar surface area (TPSA) is 51.2 Å². The first-order chi connectivity index (χ1) is 11.2. The molecule has 0 aliphatic carbocycles. The molecule has 1 N–H and O–H groups in total. The fourth-order valence-electron chi connectivity index (χ4n) is 1.96. The molecule has 0 radical (unpaired) electrons. The first kappa shape index (κ1) is 15.5. The van der Waals surface area contributed by atoms with Gasteiger partial charge in [-0.3, -0.25) is 4.79 Å². The number of rotatable bonds is 5. The SMILES string of the molecule is O=C(Nc1cc(Cl)ccn1)c1sccc1OCc1ccccc1. The third-order valence-electron chi connectivity index (χ3n) is 3.04. The van der Waals surface area contributed by atoms with Gasteiger partial charge >= 0.3 is 0 Å². The monoisotopic (exact) mass is 344 g/mol. The number of carbonyl (C=O) groups is 1. The molecule has 3 rings (SSSR count). The summed E-state index contributed by atoms with van der Waals surface area (Å²) in [5, 5.41) is 5.06. The first-order valence-corrected chi connectivity index (χ1v) is 8.15. The van der Waals surface area contributed by atoms with E-state index < -0.39 is 0 Å². The molecule has 3 aromatic rings. The molecule has 0 fully saturated rings. The lowest BCUT2D eigenvalue weighted by Gasteiger charge is -2.08. The van der Waals surface area contributed by atoms with Crippen molar-refractivity contribution in [3.8, 4) is 5.75 Å². The van der Waals surface area contributed by atoms with E-state index in [9.17, 15) is 4.79 Å². The van der Waals surface area contributed by atoms with Crippen LogP contribution in [-0.4, -0.2) is 10.9 Å². The summed E-state index contributed by atoms with van der Waals surface area (Å²) in [4.78, 5) is 16.9. The maximum absolute atomic E-state index is 12.4. The van der Waals surface area contributed by atoms with Crippen LogP contribution in [0.1, 0.15) is 15.2 Å². The van der Waals surface area contributed by atoms with Crippen molar-refractivity contribution in [2.24, 2.45) is 0 Å². The number of ether oxygens (including phenoxy) is 1. The van der Waals surface area contributed by atoms with Gasteiger partial charge in [-0.2, -0.15) is 0 Å². The van der Waals surface area contributed by atoms with Gasteiger partial charge in [-0.25, -0.2) is 4.98 Å². The minimum atomic E-state index is -0.266. The zero-order valence-corrected chi connectivity index (χ0v) is 13.6. The molecule has 116 valence electrons. The summed E-state index contributed by atoms with van der Waals surface area (Å²) in [7, 11) is 0. The lowest BCUT2D eigenvalue weighted by molar-refractivity contribution is 0.102. The molecule has 0 unspecified atom stereocenters. The molecule has 2 heterocycles. The fraction of sp³-hybridized carbons (Fsp3) is 0.0588. The van der Waals surface area contributed by atoms with Gasteiger partial charge in [-0.1, -0.05) is 41.9 Å². The van der Waals surface area contributed by atoms with Gasteiger partial charge in [0.05, 0.1) is 0 Å². The highest BCUT2D eigenvalue weighted by Crippen LogP contribution is 2.26. The Balaban J connectivity index is 1.69. The fourth-order valence-corrected chi connectivity index (χ4v) is 2.85. The van der Waals surface area contributed by atoms with Crippen molar-refractivity contribution in [1.82, 2.24) is 4.98 Å². The second-order valence-electron chi connectivity index (χ2n) is 4.70.